The monoisotopic (exact) mass is 292 g/mol. The maximum absolute atomic E-state index is 12.0. The van der Waals surface area contributed by atoms with Crippen molar-refractivity contribution >= 4 is 27.3 Å². The average Bonchev–Trinajstić information content (AvgIpc) is 2.19. The average molecular weight is 293 g/mol. The molecule has 0 aliphatic carbocycles. The first-order valence-electron chi connectivity index (χ1n) is 5.30. The summed E-state index contributed by atoms with van der Waals surface area (Å²) >= 11 is 5.81. The zero-order valence-electron chi connectivity index (χ0n) is 10.5. The van der Waals surface area contributed by atoms with E-state index in [0.29, 0.717) is 10.6 Å². The minimum absolute atomic E-state index is 0.0636. The van der Waals surface area contributed by atoms with E-state index in [9.17, 15) is 13.5 Å². The summed E-state index contributed by atoms with van der Waals surface area (Å²) in [5, 5.41) is 9.84. The molecule has 4 N–H and O–H groups in total. The Bertz CT molecular complexity index is 550. The summed E-state index contributed by atoms with van der Waals surface area (Å²) < 4.78 is 26.4. The van der Waals surface area contributed by atoms with E-state index in [1.54, 1.807) is 6.92 Å². The molecule has 0 heterocycles. The minimum atomic E-state index is -3.71. The third kappa shape index (κ3) is 3.84. The van der Waals surface area contributed by atoms with Crippen molar-refractivity contribution in [2.45, 2.75) is 31.3 Å². The number of sulfonamides is 1. The maximum atomic E-state index is 12.0. The molecule has 0 amide bonds. The molecule has 1 aromatic carbocycles. The molecule has 0 radical (unpaired) electrons. The van der Waals surface area contributed by atoms with E-state index in [1.165, 1.54) is 26.0 Å². The van der Waals surface area contributed by atoms with E-state index in [0.717, 1.165) is 0 Å². The van der Waals surface area contributed by atoms with Crippen LogP contribution < -0.4 is 10.5 Å². The summed E-state index contributed by atoms with van der Waals surface area (Å²) in [5.74, 6) is 0. The van der Waals surface area contributed by atoms with E-state index in [1.807, 2.05) is 0 Å². The highest BCUT2D eigenvalue weighted by Crippen LogP contribution is 2.26. The summed E-state index contributed by atoms with van der Waals surface area (Å²) in [5.41, 5.74) is 5.17. The molecule has 0 fully saturated rings. The predicted molar refractivity (Wildman–Crippen MR) is 72.1 cm³/mol. The number of hydrogen-bond donors (Lipinski definition) is 3. The van der Waals surface area contributed by atoms with E-state index in [4.69, 9.17) is 17.3 Å². The molecule has 0 bridgehead atoms. The first-order chi connectivity index (χ1) is 8.03. The third-order valence-electron chi connectivity index (χ3n) is 2.28. The zero-order chi connectivity index (χ0) is 14.1. The SMILES string of the molecule is Cc1cc(Cl)c(N)cc1S(=O)(=O)NCC(C)(C)O. The van der Waals surface area contributed by atoms with Crippen molar-refractivity contribution < 1.29 is 13.5 Å². The van der Waals surface area contributed by atoms with E-state index in [-0.39, 0.29) is 17.1 Å². The highest BCUT2D eigenvalue weighted by molar-refractivity contribution is 7.89. The Morgan fingerprint density at radius 1 is 1.44 bits per heavy atom. The number of aryl methyl sites for hydroxylation is 1. The molecule has 0 saturated heterocycles. The molecule has 0 unspecified atom stereocenters. The van der Waals surface area contributed by atoms with Gasteiger partial charge in [-0.05, 0) is 38.5 Å². The summed E-state index contributed by atoms with van der Waals surface area (Å²) in [6.07, 6.45) is 0. The van der Waals surface area contributed by atoms with Crippen LogP contribution in [0.15, 0.2) is 17.0 Å². The Morgan fingerprint density at radius 3 is 2.50 bits per heavy atom. The van der Waals surface area contributed by atoms with Gasteiger partial charge in [0.15, 0.2) is 0 Å². The smallest absolute Gasteiger partial charge is 0.241 e. The summed E-state index contributed by atoms with van der Waals surface area (Å²) in [6, 6.07) is 2.81. The van der Waals surface area contributed by atoms with Crippen LogP contribution in [0.5, 0.6) is 0 Å². The first kappa shape index (κ1) is 15.2. The number of aliphatic hydroxyl groups is 1. The fourth-order valence-corrected chi connectivity index (χ4v) is 2.99. The molecule has 5 nitrogen and oxygen atoms in total. The largest absolute Gasteiger partial charge is 0.397 e. The van der Waals surface area contributed by atoms with Crippen LogP contribution in [-0.4, -0.2) is 25.7 Å². The second-order valence-electron chi connectivity index (χ2n) is 4.78. The van der Waals surface area contributed by atoms with Crippen LogP contribution in [0.2, 0.25) is 5.02 Å². The molecule has 0 aromatic heterocycles. The second-order valence-corrected chi connectivity index (χ2v) is 6.92. The van der Waals surface area contributed by atoms with E-state index < -0.39 is 15.6 Å². The fourth-order valence-electron chi connectivity index (χ4n) is 1.31. The quantitative estimate of drug-likeness (QED) is 0.729. The Morgan fingerprint density at radius 2 is 2.00 bits per heavy atom. The lowest BCUT2D eigenvalue weighted by Gasteiger charge is -2.18. The molecule has 0 aliphatic heterocycles. The predicted octanol–water partition coefficient (Wildman–Crippen LogP) is 1.28. The third-order valence-corrected chi connectivity index (χ3v) is 4.15. The number of anilines is 1. The molecular weight excluding hydrogens is 276 g/mol. The van der Waals surface area contributed by atoms with Crippen LogP contribution in [0.4, 0.5) is 5.69 Å². The molecule has 7 heteroatoms. The van der Waals surface area contributed by atoms with E-state index in [2.05, 4.69) is 4.72 Å². The summed E-state index contributed by atoms with van der Waals surface area (Å²) in [6.45, 7) is 4.57. The number of nitrogen functional groups attached to an aromatic ring is 1. The number of rotatable bonds is 4. The molecule has 1 aromatic rings. The minimum Gasteiger partial charge on any atom is -0.397 e. The standard InChI is InChI=1S/C11H17ClN2O3S/c1-7-4-8(12)9(13)5-10(7)18(16,17)14-6-11(2,3)15/h4-5,14-15H,6,13H2,1-3H3. The summed E-state index contributed by atoms with van der Waals surface area (Å²) in [4.78, 5) is 0.0636. The van der Waals surface area contributed by atoms with Gasteiger partial charge < -0.3 is 10.8 Å². The highest BCUT2D eigenvalue weighted by atomic mass is 35.5. The second kappa shape index (κ2) is 5.05. The lowest BCUT2D eigenvalue weighted by molar-refractivity contribution is 0.0857. The molecule has 0 spiro atoms. The Balaban J connectivity index is 3.10. The van der Waals surface area contributed by atoms with E-state index >= 15 is 0 Å². The van der Waals surface area contributed by atoms with Crippen molar-refractivity contribution in [3.05, 3.63) is 22.7 Å². The lowest BCUT2D eigenvalue weighted by Crippen LogP contribution is -2.38. The van der Waals surface area contributed by atoms with Gasteiger partial charge in [-0.3, -0.25) is 0 Å². The zero-order valence-corrected chi connectivity index (χ0v) is 12.1. The van der Waals surface area contributed by atoms with Crippen molar-refractivity contribution in [2.24, 2.45) is 0 Å². The van der Waals surface area contributed by atoms with Crippen LogP contribution in [0.3, 0.4) is 0 Å². The Hall–Kier alpha value is -0.820. The van der Waals surface area contributed by atoms with Gasteiger partial charge >= 0.3 is 0 Å². The van der Waals surface area contributed by atoms with Gasteiger partial charge in [-0.15, -0.1) is 0 Å². The molecule has 0 atom stereocenters. The van der Waals surface area contributed by atoms with Crippen LogP contribution in [0.25, 0.3) is 0 Å². The van der Waals surface area contributed by atoms with Gasteiger partial charge in [0.1, 0.15) is 0 Å². The number of nitrogens with one attached hydrogen (secondary N) is 1. The number of hydrogen-bond acceptors (Lipinski definition) is 4. The molecule has 0 saturated carbocycles. The van der Waals surface area contributed by atoms with Gasteiger partial charge in [0.25, 0.3) is 0 Å². The van der Waals surface area contributed by atoms with Crippen LogP contribution in [0, 0.1) is 6.92 Å². The van der Waals surface area contributed by atoms with Crippen LogP contribution in [-0.2, 0) is 10.0 Å². The normalized spacial score (nSPS) is 12.7. The van der Waals surface area contributed by atoms with Crippen LogP contribution in [0.1, 0.15) is 19.4 Å². The topological polar surface area (TPSA) is 92.4 Å². The number of benzene rings is 1. The Labute approximate surface area is 112 Å². The van der Waals surface area contributed by atoms with Gasteiger partial charge in [0.2, 0.25) is 10.0 Å². The molecule has 102 valence electrons. The highest BCUT2D eigenvalue weighted by Gasteiger charge is 2.22. The molecule has 0 aliphatic rings. The Kier molecular flexibility index (Phi) is 4.27. The van der Waals surface area contributed by atoms with Crippen molar-refractivity contribution in [3.63, 3.8) is 0 Å². The van der Waals surface area contributed by atoms with Gasteiger partial charge in [-0.25, -0.2) is 13.1 Å². The van der Waals surface area contributed by atoms with Crippen molar-refractivity contribution in [2.75, 3.05) is 12.3 Å². The molecule has 18 heavy (non-hydrogen) atoms. The van der Waals surface area contributed by atoms with Gasteiger partial charge in [0.05, 0.1) is 21.2 Å². The van der Waals surface area contributed by atoms with Gasteiger partial charge in [0, 0.05) is 6.54 Å². The maximum Gasteiger partial charge on any atom is 0.241 e. The van der Waals surface area contributed by atoms with Crippen molar-refractivity contribution in [1.29, 1.82) is 0 Å². The van der Waals surface area contributed by atoms with Crippen LogP contribution >= 0.6 is 11.6 Å². The first-order valence-corrected chi connectivity index (χ1v) is 7.17. The summed E-state index contributed by atoms with van der Waals surface area (Å²) in [7, 11) is -3.71. The molecule has 1 rings (SSSR count). The lowest BCUT2D eigenvalue weighted by atomic mass is 10.1. The molecular formula is C11H17ClN2O3S. The number of nitrogens with two attached hydrogens (primary N) is 1. The fraction of sp³-hybridized carbons (Fsp3) is 0.455. The van der Waals surface area contributed by atoms with Crippen molar-refractivity contribution in [1.82, 2.24) is 4.72 Å². The van der Waals surface area contributed by atoms with Crippen molar-refractivity contribution in [3.8, 4) is 0 Å². The van der Waals surface area contributed by atoms with Gasteiger partial charge in [-0.1, -0.05) is 11.6 Å². The number of halogens is 1. The van der Waals surface area contributed by atoms with Gasteiger partial charge in [-0.2, -0.15) is 0 Å².